The highest BCUT2D eigenvalue weighted by atomic mass is 79.9. The zero-order valence-corrected chi connectivity index (χ0v) is 12.2. The number of amides is 1. The van der Waals surface area contributed by atoms with Crippen LogP contribution in [-0.4, -0.2) is 33.7 Å². The first-order valence-corrected chi connectivity index (χ1v) is 7.76. The maximum absolute atomic E-state index is 13.4. The fraction of sp³-hybridized carbons (Fsp3) is 0.300. The van der Waals surface area contributed by atoms with E-state index in [9.17, 15) is 22.0 Å². The van der Waals surface area contributed by atoms with Crippen molar-refractivity contribution >= 4 is 31.9 Å². The van der Waals surface area contributed by atoms with Gasteiger partial charge in [0.05, 0.1) is 6.26 Å². The van der Waals surface area contributed by atoms with Crippen LogP contribution in [0.5, 0.6) is 0 Å². The van der Waals surface area contributed by atoms with Crippen LogP contribution < -0.4 is 10.0 Å². The van der Waals surface area contributed by atoms with Crippen molar-refractivity contribution in [2.45, 2.75) is 0 Å². The van der Waals surface area contributed by atoms with Gasteiger partial charge in [-0.05, 0) is 12.1 Å². The van der Waals surface area contributed by atoms with Crippen molar-refractivity contribution in [3.63, 3.8) is 0 Å². The second-order valence-corrected chi connectivity index (χ2v) is 6.42. The summed E-state index contributed by atoms with van der Waals surface area (Å²) in [4.78, 5) is 11.5. The third kappa shape index (κ3) is 5.21. The molecule has 0 spiro atoms. The van der Waals surface area contributed by atoms with Crippen LogP contribution in [0.3, 0.4) is 0 Å². The number of halogens is 3. The van der Waals surface area contributed by atoms with Gasteiger partial charge in [0.1, 0.15) is 17.2 Å². The Bertz CT molecular complexity index is 569. The van der Waals surface area contributed by atoms with Crippen molar-refractivity contribution in [3.05, 3.63) is 33.8 Å². The molecule has 0 saturated heterocycles. The van der Waals surface area contributed by atoms with Crippen LogP contribution in [0.4, 0.5) is 8.78 Å². The van der Waals surface area contributed by atoms with Gasteiger partial charge in [0, 0.05) is 17.6 Å². The monoisotopic (exact) mass is 356 g/mol. The van der Waals surface area contributed by atoms with E-state index in [1.165, 1.54) is 0 Å². The Morgan fingerprint density at radius 2 is 1.79 bits per heavy atom. The van der Waals surface area contributed by atoms with Crippen LogP contribution >= 0.6 is 15.9 Å². The number of carbonyl (C=O) groups excluding carboxylic acids is 1. The van der Waals surface area contributed by atoms with Gasteiger partial charge in [0.2, 0.25) is 10.0 Å². The molecular weight excluding hydrogens is 346 g/mol. The summed E-state index contributed by atoms with van der Waals surface area (Å²) in [6.45, 7) is -0.148. The Balaban J connectivity index is 2.65. The average molecular weight is 357 g/mol. The van der Waals surface area contributed by atoms with Gasteiger partial charge >= 0.3 is 0 Å². The summed E-state index contributed by atoms with van der Waals surface area (Å²) in [5.41, 5.74) is -0.706. The fourth-order valence-corrected chi connectivity index (χ4v) is 2.13. The van der Waals surface area contributed by atoms with Gasteiger partial charge < -0.3 is 5.32 Å². The molecular formula is C10H11BrF2N2O3S. The Hall–Kier alpha value is -1.06. The largest absolute Gasteiger partial charge is 0.351 e. The molecule has 1 aromatic rings. The van der Waals surface area contributed by atoms with Gasteiger partial charge in [-0.15, -0.1) is 0 Å². The molecule has 0 unspecified atom stereocenters. The normalized spacial score (nSPS) is 11.4. The lowest BCUT2D eigenvalue weighted by Gasteiger charge is -2.07. The molecule has 0 aliphatic carbocycles. The summed E-state index contributed by atoms with van der Waals surface area (Å²) in [6.07, 6.45) is 0.961. The Kier molecular flexibility index (Phi) is 5.39. The van der Waals surface area contributed by atoms with Crippen LogP contribution in [0.1, 0.15) is 10.4 Å². The summed E-state index contributed by atoms with van der Waals surface area (Å²) in [6, 6.07) is 1.93. The zero-order valence-electron chi connectivity index (χ0n) is 9.84. The molecule has 19 heavy (non-hydrogen) atoms. The van der Waals surface area contributed by atoms with E-state index in [0.717, 1.165) is 18.4 Å². The highest BCUT2D eigenvalue weighted by Crippen LogP contribution is 2.19. The summed E-state index contributed by atoms with van der Waals surface area (Å²) in [5.74, 6) is -2.95. The summed E-state index contributed by atoms with van der Waals surface area (Å²) >= 11 is 2.89. The third-order valence-electron chi connectivity index (χ3n) is 2.01. The number of rotatable bonds is 5. The molecule has 0 aliphatic rings. The number of carbonyl (C=O) groups is 1. The van der Waals surface area contributed by atoms with Gasteiger partial charge in [-0.1, -0.05) is 15.9 Å². The smallest absolute Gasteiger partial charge is 0.257 e. The van der Waals surface area contributed by atoms with E-state index in [2.05, 4.69) is 26.0 Å². The molecule has 0 fully saturated rings. The number of benzene rings is 1. The van der Waals surface area contributed by atoms with Crippen molar-refractivity contribution in [2.75, 3.05) is 19.3 Å². The maximum Gasteiger partial charge on any atom is 0.257 e. The average Bonchev–Trinajstić information content (AvgIpc) is 2.21. The minimum atomic E-state index is -3.36. The van der Waals surface area contributed by atoms with Gasteiger partial charge in [-0.25, -0.2) is 21.9 Å². The van der Waals surface area contributed by atoms with Crippen molar-refractivity contribution in [2.24, 2.45) is 0 Å². The highest BCUT2D eigenvalue weighted by Gasteiger charge is 2.17. The number of sulfonamides is 1. The van der Waals surface area contributed by atoms with Gasteiger partial charge in [0.25, 0.3) is 5.91 Å². The van der Waals surface area contributed by atoms with Crippen LogP contribution in [0.15, 0.2) is 16.6 Å². The highest BCUT2D eigenvalue weighted by molar-refractivity contribution is 9.10. The zero-order chi connectivity index (χ0) is 14.6. The molecule has 1 aromatic carbocycles. The van der Waals surface area contributed by atoms with Crippen LogP contribution in [-0.2, 0) is 10.0 Å². The van der Waals surface area contributed by atoms with E-state index in [1.807, 2.05) is 0 Å². The first-order chi connectivity index (χ1) is 8.70. The lowest BCUT2D eigenvalue weighted by molar-refractivity contribution is 0.0946. The number of hydrogen-bond donors (Lipinski definition) is 2. The Morgan fingerprint density at radius 3 is 2.26 bits per heavy atom. The van der Waals surface area contributed by atoms with Crippen molar-refractivity contribution in [1.82, 2.24) is 10.0 Å². The van der Waals surface area contributed by atoms with Crippen molar-refractivity contribution in [1.29, 1.82) is 0 Å². The molecule has 1 amide bonds. The second kappa shape index (κ2) is 6.40. The molecule has 0 bridgehead atoms. The Labute approximate surface area is 117 Å². The SMILES string of the molecule is CS(=O)(=O)NCCNC(=O)c1c(F)cc(Br)cc1F. The standard InChI is InChI=1S/C10H11BrF2N2O3S/c1-19(17,18)15-3-2-14-10(16)9-7(12)4-6(11)5-8(9)13/h4-5,15H,2-3H2,1H3,(H,14,16). The van der Waals surface area contributed by atoms with Crippen molar-refractivity contribution < 1.29 is 22.0 Å². The molecule has 0 heterocycles. The van der Waals surface area contributed by atoms with Crippen LogP contribution in [0.2, 0.25) is 0 Å². The molecule has 0 atom stereocenters. The predicted octanol–water partition coefficient (Wildman–Crippen LogP) is 1.01. The molecule has 0 radical (unpaired) electrons. The van der Waals surface area contributed by atoms with E-state index in [-0.39, 0.29) is 17.6 Å². The van der Waals surface area contributed by atoms with Crippen molar-refractivity contribution in [3.8, 4) is 0 Å². The summed E-state index contributed by atoms with van der Waals surface area (Å²) in [7, 11) is -3.36. The van der Waals surface area contributed by atoms with Crippen LogP contribution in [0.25, 0.3) is 0 Å². The molecule has 0 aliphatic heterocycles. The first-order valence-electron chi connectivity index (χ1n) is 5.08. The Morgan fingerprint density at radius 1 is 1.26 bits per heavy atom. The molecule has 5 nitrogen and oxygen atoms in total. The molecule has 0 aromatic heterocycles. The number of nitrogens with one attached hydrogen (secondary N) is 2. The van der Waals surface area contributed by atoms with E-state index >= 15 is 0 Å². The van der Waals surface area contributed by atoms with E-state index in [4.69, 9.17) is 0 Å². The minimum Gasteiger partial charge on any atom is -0.351 e. The quantitative estimate of drug-likeness (QED) is 0.773. The van der Waals surface area contributed by atoms with Gasteiger partial charge in [-0.2, -0.15) is 0 Å². The molecule has 2 N–H and O–H groups in total. The molecule has 1 rings (SSSR count). The van der Waals surface area contributed by atoms with E-state index < -0.39 is 33.1 Å². The van der Waals surface area contributed by atoms with Gasteiger partial charge in [-0.3, -0.25) is 4.79 Å². The lowest BCUT2D eigenvalue weighted by atomic mass is 10.2. The second-order valence-electron chi connectivity index (χ2n) is 3.67. The minimum absolute atomic E-state index is 0.0651. The first kappa shape index (κ1) is 16.0. The number of hydrogen-bond acceptors (Lipinski definition) is 3. The molecule has 106 valence electrons. The van der Waals surface area contributed by atoms with E-state index in [0.29, 0.717) is 0 Å². The predicted molar refractivity (Wildman–Crippen MR) is 69.2 cm³/mol. The van der Waals surface area contributed by atoms with Crippen LogP contribution in [0, 0.1) is 11.6 Å². The molecule has 0 saturated carbocycles. The topological polar surface area (TPSA) is 75.3 Å². The maximum atomic E-state index is 13.4. The van der Waals surface area contributed by atoms with E-state index in [1.54, 1.807) is 0 Å². The fourth-order valence-electron chi connectivity index (χ4n) is 1.26. The lowest BCUT2D eigenvalue weighted by Crippen LogP contribution is -2.34. The van der Waals surface area contributed by atoms with Gasteiger partial charge in [0.15, 0.2) is 0 Å². The molecule has 9 heteroatoms. The summed E-state index contributed by atoms with van der Waals surface area (Å²) in [5, 5.41) is 2.21. The summed E-state index contributed by atoms with van der Waals surface area (Å²) < 4.78 is 50.6. The third-order valence-corrected chi connectivity index (χ3v) is 3.20.